The molecule has 3 nitrogen and oxygen atoms in total. The third-order valence-corrected chi connectivity index (χ3v) is 5.00. The zero-order chi connectivity index (χ0) is 15.6. The summed E-state index contributed by atoms with van der Waals surface area (Å²) in [5.41, 5.74) is 0.623. The third-order valence-electron chi connectivity index (χ3n) is 5.00. The van der Waals surface area contributed by atoms with Gasteiger partial charge in [-0.15, -0.1) is 5.72 Å². The first-order valence-corrected chi connectivity index (χ1v) is 7.15. The van der Waals surface area contributed by atoms with Gasteiger partial charge in [0, 0.05) is 5.41 Å². The first kappa shape index (κ1) is 17.0. The standard InChI is InChI=1S/C13H23B4NO2/c1-12(2,13(16,17)10(14)15)11(19)18(20)8-9-6-4-3-5-7-9/h3-7,10,20H,8,14-17H2,1-2H3. The third kappa shape index (κ3) is 3.32. The van der Waals surface area contributed by atoms with Crippen molar-refractivity contribution < 1.29 is 10.0 Å². The minimum absolute atomic E-state index is 0.207. The monoisotopic (exact) mass is 269 g/mol. The van der Waals surface area contributed by atoms with Gasteiger partial charge in [0.2, 0.25) is 0 Å². The van der Waals surface area contributed by atoms with Gasteiger partial charge in [-0.05, 0) is 5.56 Å². The second-order valence-corrected chi connectivity index (χ2v) is 6.85. The van der Waals surface area contributed by atoms with E-state index in [1.54, 1.807) is 0 Å². The molecule has 0 radical (unpaired) electrons. The fourth-order valence-electron chi connectivity index (χ4n) is 2.15. The maximum atomic E-state index is 12.6. The summed E-state index contributed by atoms with van der Waals surface area (Å²) in [4.78, 5) is 12.6. The predicted octanol–water partition coefficient (Wildman–Crippen LogP) is -1.17. The molecule has 0 unspecified atom stereocenters. The van der Waals surface area contributed by atoms with E-state index in [0.717, 1.165) is 10.6 Å². The number of amides is 1. The smallest absolute Gasteiger partial charge is 0.250 e. The molecule has 0 saturated carbocycles. The van der Waals surface area contributed by atoms with Crippen molar-refractivity contribution in [1.29, 1.82) is 0 Å². The molecule has 0 aliphatic rings. The Morgan fingerprint density at radius 2 is 1.75 bits per heavy atom. The highest BCUT2D eigenvalue weighted by Crippen LogP contribution is 2.47. The van der Waals surface area contributed by atoms with Crippen molar-refractivity contribution in [2.45, 2.75) is 31.3 Å². The van der Waals surface area contributed by atoms with Gasteiger partial charge in [0.1, 0.15) is 0 Å². The molecule has 0 saturated heterocycles. The Bertz CT molecular complexity index is 463. The minimum atomic E-state index is -0.634. The van der Waals surface area contributed by atoms with E-state index in [4.69, 9.17) is 0 Å². The normalized spacial score (nSPS) is 12.4. The number of nitrogens with zero attached hydrogens (tertiary/aromatic N) is 1. The second-order valence-electron chi connectivity index (χ2n) is 6.85. The van der Waals surface area contributed by atoms with Gasteiger partial charge in [0.25, 0.3) is 5.91 Å². The number of hydroxylamine groups is 2. The van der Waals surface area contributed by atoms with Crippen LogP contribution in [0.5, 0.6) is 0 Å². The SMILES string of the molecule is BC(B)C(B)(B)C(C)(C)C(=O)N(O)Cc1ccccc1. The summed E-state index contributed by atoms with van der Waals surface area (Å²) in [6, 6.07) is 9.51. The number of hydrogen-bond acceptors (Lipinski definition) is 2. The molecule has 0 fully saturated rings. The molecule has 0 bridgehead atoms. The first-order chi connectivity index (χ1) is 9.10. The number of hydrogen-bond donors (Lipinski definition) is 1. The van der Waals surface area contributed by atoms with Gasteiger partial charge < -0.3 is 0 Å². The van der Waals surface area contributed by atoms with Gasteiger partial charge in [-0.1, -0.05) is 49.4 Å². The highest BCUT2D eigenvalue weighted by Gasteiger charge is 2.46. The van der Waals surface area contributed by atoms with E-state index in [1.165, 1.54) is 0 Å². The van der Waals surface area contributed by atoms with Crippen molar-refractivity contribution >= 4 is 37.3 Å². The van der Waals surface area contributed by atoms with E-state index >= 15 is 0 Å². The average Bonchev–Trinajstić information content (AvgIpc) is 2.38. The van der Waals surface area contributed by atoms with Crippen LogP contribution >= 0.6 is 0 Å². The number of carbonyl (C=O) groups excluding carboxylic acids is 1. The maximum Gasteiger partial charge on any atom is 0.250 e. The van der Waals surface area contributed by atoms with E-state index < -0.39 is 5.41 Å². The van der Waals surface area contributed by atoms with Crippen LogP contribution in [-0.2, 0) is 11.3 Å². The largest absolute Gasteiger partial charge is 0.286 e. The molecule has 104 valence electrons. The molecule has 0 heterocycles. The lowest BCUT2D eigenvalue weighted by atomic mass is 9.31. The van der Waals surface area contributed by atoms with Crippen LogP contribution in [0.2, 0.25) is 10.9 Å². The molecule has 7 heteroatoms. The Balaban J connectivity index is 2.88. The Labute approximate surface area is 125 Å². The van der Waals surface area contributed by atoms with Gasteiger partial charge in [0.15, 0.2) is 0 Å². The van der Waals surface area contributed by atoms with Crippen LogP contribution in [0.15, 0.2) is 30.3 Å². The maximum absolute atomic E-state index is 12.6. The Hall–Kier alpha value is -1.09. The first-order valence-electron chi connectivity index (χ1n) is 7.15. The van der Waals surface area contributed by atoms with Gasteiger partial charge in [-0.25, -0.2) is 5.06 Å². The van der Waals surface area contributed by atoms with Crippen LogP contribution in [0.25, 0.3) is 0 Å². The predicted molar refractivity (Wildman–Crippen MR) is 93.2 cm³/mol. The van der Waals surface area contributed by atoms with Crippen LogP contribution in [-0.4, -0.2) is 47.6 Å². The van der Waals surface area contributed by atoms with Crippen molar-refractivity contribution in [2.24, 2.45) is 5.41 Å². The molecule has 1 amide bonds. The molecular weight excluding hydrogens is 245 g/mol. The summed E-state index contributed by atoms with van der Waals surface area (Å²) in [6.45, 7) is 4.03. The van der Waals surface area contributed by atoms with E-state index in [1.807, 2.05) is 44.2 Å². The fourth-order valence-corrected chi connectivity index (χ4v) is 2.15. The topological polar surface area (TPSA) is 40.5 Å². The second kappa shape index (κ2) is 6.13. The minimum Gasteiger partial charge on any atom is -0.286 e. The average molecular weight is 269 g/mol. The summed E-state index contributed by atoms with van der Waals surface area (Å²) < 4.78 is 0. The lowest BCUT2D eigenvalue weighted by Crippen LogP contribution is -2.48. The van der Waals surface area contributed by atoms with Crippen LogP contribution in [0.3, 0.4) is 0 Å². The zero-order valence-electron chi connectivity index (χ0n) is 13.5. The fraction of sp³-hybridized carbons (Fsp3) is 0.462. The molecule has 0 aromatic heterocycles. The summed E-state index contributed by atoms with van der Waals surface area (Å²) >= 11 is 0. The van der Waals surface area contributed by atoms with E-state index in [9.17, 15) is 10.0 Å². The highest BCUT2D eigenvalue weighted by atomic mass is 16.5. The molecule has 1 N–H and O–H groups in total. The number of rotatable bonds is 5. The van der Waals surface area contributed by atoms with Crippen molar-refractivity contribution in [2.75, 3.05) is 0 Å². The van der Waals surface area contributed by atoms with Gasteiger partial charge in [-0.2, -0.15) is 0 Å². The molecular formula is C13H23B4NO2. The molecule has 0 aliphatic carbocycles. The summed E-state index contributed by atoms with van der Waals surface area (Å²) in [5, 5.41) is 10.8. The molecule has 0 atom stereocenters. The van der Waals surface area contributed by atoms with E-state index in [2.05, 4.69) is 31.4 Å². The highest BCUT2D eigenvalue weighted by molar-refractivity contribution is 6.52. The zero-order valence-corrected chi connectivity index (χ0v) is 13.5. The molecule has 0 spiro atoms. The lowest BCUT2D eigenvalue weighted by Gasteiger charge is -2.45. The quantitative estimate of drug-likeness (QED) is 0.415. The van der Waals surface area contributed by atoms with E-state index in [0.29, 0.717) is 5.72 Å². The van der Waals surface area contributed by atoms with E-state index in [-0.39, 0.29) is 17.7 Å². The summed E-state index contributed by atoms with van der Waals surface area (Å²) in [5.74, 6) is -0.236. The van der Waals surface area contributed by atoms with Gasteiger partial charge in [0.05, 0.1) is 37.9 Å². The van der Waals surface area contributed by atoms with Crippen LogP contribution in [0, 0.1) is 5.41 Å². The van der Waals surface area contributed by atoms with Gasteiger partial charge in [-0.3, -0.25) is 10.0 Å². The number of carbonyl (C=O) groups is 1. The van der Waals surface area contributed by atoms with Crippen molar-refractivity contribution in [3.8, 4) is 0 Å². The van der Waals surface area contributed by atoms with Crippen molar-refractivity contribution in [3.05, 3.63) is 35.9 Å². The summed E-state index contributed by atoms with van der Waals surface area (Å²) in [7, 11) is 8.36. The molecule has 1 rings (SSSR count). The lowest BCUT2D eigenvalue weighted by molar-refractivity contribution is -0.179. The van der Waals surface area contributed by atoms with Crippen LogP contribution in [0.4, 0.5) is 0 Å². The molecule has 1 aromatic carbocycles. The van der Waals surface area contributed by atoms with Crippen LogP contribution < -0.4 is 0 Å². The van der Waals surface area contributed by atoms with Crippen molar-refractivity contribution in [1.82, 2.24) is 5.06 Å². The van der Waals surface area contributed by atoms with Crippen molar-refractivity contribution in [3.63, 3.8) is 0 Å². The molecule has 20 heavy (non-hydrogen) atoms. The van der Waals surface area contributed by atoms with Crippen LogP contribution in [0.1, 0.15) is 19.4 Å². The summed E-state index contributed by atoms with van der Waals surface area (Å²) in [6.07, 6.45) is 0. The Morgan fingerprint density at radius 1 is 1.25 bits per heavy atom. The molecule has 1 aromatic rings. The van der Waals surface area contributed by atoms with Gasteiger partial charge >= 0.3 is 0 Å². The Morgan fingerprint density at radius 3 is 2.20 bits per heavy atom. The Kier molecular flexibility index (Phi) is 5.20. The molecule has 0 aliphatic heterocycles. The number of benzene rings is 1.